The van der Waals surface area contributed by atoms with Crippen molar-refractivity contribution in [3.05, 3.63) is 66.2 Å². The van der Waals surface area contributed by atoms with Crippen LogP contribution in [0.5, 0.6) is 11.5 Å². The van der Waals surface area contributed by atoms with Crippen LogP contribution in [-0.2, 0) is 19.6 Å². The number of sulfonamides is 1. The van der Waals surface area contributed by atoms with Crippen LogP contribution in [0.15, 0.2) is 70.7 Å². The molecule has 0 atom stereocenters. The van der Waals surface area contributed by atoms with Gasteiger partial charge in [0.1, 0.15) is 11.5 Å². The van der Waals surface area contributed by atoms with Crippen LogP contribution in [0.4, 0.5) is 11.4 Å². The molecule has 1 N–H and O–H groups in total. The molecule has 1 aliphatic heterocycles. The summed E-state index contributed by atoms with van der Waals surface area (Å²) in [5.74, 6) is 1.42. The molecular formula is C33H40N6O6S2. The van der Waals surface area contributed by atoms with Gasteiger partial charge in [-0.1, -0.05) is 36.0 Å². The summed E-state index contributed by atoms with van der Waals surface area (Å²) >= 11 is 1.22. The molecule has 1 fully saturated rings. The average molecular weight is 681 g/mol. The van der Waals surface area contributed by atoms with Gasteiger partial charge in [-0.3, -0.25) is 9.36 Å². The molecule has 47 heavy (non-hydrogen) atoms. The molecule has 5 rings (SSSR count). The number of nitrogens with zero attached hydrogens (tertiary/aromatic N) is 5. The Morgan fingerprint density at radius 3 is 2.40 bits per heavy atom. The number of carbonyl (C=O) groups excluding carboxylic acids is 1. The van der Waals surface area contributed by atoms with Crippen LogP contribution in [0.1, 0.15) is 19.4 Å². The van der Waals surface area contributed by atoms with E-state index in [1.54, 1.807) is 24.3 Å². The van der Waals surface area contributed by atoms with Crippen LogP contribution in [-0.4, -0.2) is 92.8 Å². The van der Waals surface area contributed by atoms with Crippen molar-refractivity contribution in [3.8, 4) is 28.6 Å². The van der Waals surface area contributed by atoms with Crippen molar-refractivity contribution in [1.82, 2.24) is 19.1 Å². The van der Waals surface area contributed by atoms with E-state index in [0.29, 0.717) is 60.2 Å². The summed E-state index contributed by atoms with van der Waals surface area (Å²) in [6, 6.07) is 18.1. The van der Waals surface area contributed by atoms with Crippen LogP contribution in [0.25, 0.3) is 17.1 Å². The Bertz CT molecular complexity index is 1820. The summed E-state index contributed by atoms with van der Waals surface area (Å²) in [7, 11) is -0.688. The van der Waals surface area contributed by atoms with Crippen molar-refractivity contribution in [2.45, 2.75) is 30.8 Å². The van der Waals surface area contributed by atoms with Gasteiger partial charge >= 0.3 is 0 Å². The summed E-state index contributed by atoms with van der Waals surface area (Å²) in [4.78, 5) is 15.7. The Kier molecular flexibility index (Phi) is 11.1. The number of rotatable bonds is 13. The zero-order chi connectivity index (χ0) is 33.6. The van der Waals surface area contributed by atoms with Crippen molar-refractivity contribution in [2.75, 3.05) is 69.6 Å². The molecule has 250 valence electrons. The van der Waals surface area contributed by atoms with Gasteiger partial charge in [-0.2, -0.15) is 0 Å². The van der Waals surface area contributed by atoms with Gasteiger partial charge in [-0.15, -0.1) is 10.2 Å². The quantitative estimate of drug-likeness (QED) is 0.196. The van der Waals surface area contributed by atoms with E-state index in [0.717, 1.165) is 30.0 Å². The van der Waals surface area contributed by atoms with Crippen LogP contribution in [0.2, 0.25) is 0 Å². The number of benzene rings is 3. The fraction of sp³-hybridized carbons (Fsp3) is 0.364. The molecule has 4 aromatic rings. The number of morpholine rings is 1. The predicted octanol–water partition coefficient (Wildman–Crippen LogP) is 4.86. The van der Waals surface area contributed by atoms with Gasteiger partial charge in [0.2, 0.25) is 15.9 Å². The monoisotopic (exact) mass is 680 g/mol. The number of hydrogen-bond acceptors (Lipinski definition) is 10. The maximum atomic E-state index is 13.4. The molecule has 3 aromatic carbocycles. The molecule has 0 bridgehead atoms. The van der Waals surface area contributed by atoms with E-state index in [-0.39, 0.29) is 16.6 Å². The number of anilines is 2. The third-order valence-electron chi connectivity index (χ3n) is 7.38. The van der Waals surface area contributed by atoms with Crippen molar-refractivity contribution >= 4 is 39.1 Å². The normalized spacial score (nSPS) is 13.5. The fourth-order valence-electron chi connectivity index (χ4n) is 5.12. The Hall–Kier alpha value is -4.11. The van der Waals surface area contributed by atoms with E-state index < -0.39 is 10.0 Å². The first-order valence-corrected chi connectivity index (χ1v) is 17.8. The van der Waals surface area contributed by atoms with Gasteiger partial charge in [0.05, 0.1) is 48.5 Å². The summed E-state index contributed by atoms with van der Waals surface area (Å²) in [5.41, 5.74) is 3.79. The summed E-state index contributed by atoms with van der Waals surface area (Å²) in [5, 5.41) is 12.4. The molecular weight excluding hydrogens is 641 g/mol. The largest absolute Gasteiger partial charge is 0.492 e. The zero-order valence-corrected chi connectivity index (χ0v) is 28.9. The lowest BCUT2D eigenvalue weighted by Crippen LogP contribution is -2.36. The summed E-state index contributed by atoms with van der Waals surface area (Å²) < 4.78 is 46.2. The third-order valence-corrected chi connectivity index (χ3v) is 10.1. The Labute approximate surface area is 280 Å². The number of aryl methyl sites for hydroxylation is 1. The van der Waals surface area contributed by atoms with Gasteiger partial charge in [0, 0.05) is 50.6 Å². The standard InChI is InChI=1S/C33H40N6O6S2/c1-6-44-29-21-28(38-14-16-43-17-15-38)30(45-7-2)20-27(29)34-31(40)22-46-33-36-35-32(39(33)25-12-8-10-23(3)18-25)24-11-9-13-26(19-24)47(41,42)37(4)5/h8-13,18-21H,6-7,14-17,22H2,1-5H3,(H,34,40). The van der Waals surface area contributed by atoms with Crippen molar-refractivity contribution in [1.29, 1.82) is 0 Å². The van der Waals surface area contributed by atoms with Crippen molar-refractivity contribution in [2.24, 2.45) is 0 Å². The van der Waals surface area contributed by atoms with Crippen LogP contribution < -0.4 is 19.7 Å². The lowest BCUT2D eigenvalue weighted by Gasteiger charge is -2.31. The van der Waals surface area contributed by atoms with E-state index in [1.165, 1.54) is 30.2 Å². The van der Waals surface area contributed by atoms with Crippen molar-refractivity contribution < 1.29 is 27.4 Å². The number of hydrogen-bond donors (Lipinski definition) is 1. The molecule has 0 unspecified atom stereocenters. The average Bonchev–Trinajstić information content (AvgIpc) is 3.49. The minimum atomic E-state index is -3.67. The number of amides is 1. The SMILES string of the molecule is CCOc1cc(N2CCOCC2)c(OCC)cc1NC(=O)CSc1nnc(-c2cccc(S(=O)(=O)N(C)C)c2)n1-c1cccc(C)c1. The lowest BCUT2D eigenvalue weighted by molar-refractivity contribution is -0.113. The van der Waals surface area contributed by atoms with E-state index in [1.807, 2.05) is 61.7 Å². The smallest absolute Gasteiger partial charge is 0.242 e. The first kappa shape index (κ1) is 34.2. The topological polar surface area (TPSA) is 128 Å². The van der Waals surface area contributed by atoms with Gasteiger partial charge in [0.15, 0.2) is 11.0 Å². The van der Waals surface area contributed by atoms with Gasteiger partial charge in [-0.25, -0.2) is 12.7 Å². The predicted molar refractivity (Wildman–Crippen MR) is 184 cm³/mol. The molecule has 0 spiro atoms. The highest BCUT2D eigenvalue weighted by atomic mass is 32.2. The fourth-order valence-corrected chi connectivity index (χ4v) is 6.82. The highest BCUT2D eigenvalue weighted by Gasteiger charge is 2.23. The molecule has 0 saturated carbocycles. The van der Waals surface area contributed by atoms with Gasteiger partial charge in [-0.05, 0) is 50.6 Å². The number of carbonyl (C=O) groups is 1. The first-order chi connectivity index (χ1) is 22.6. The van der Waals surface area contributed by atoms with E-state index in [2.05, 4.69) is 20.4 Å². The number of nitrogens with one attached hydrogen (secondary N) is 1. The molecule has 1 aliphatic rings. The van der Waals surface area contributed by atoms with Crippen LogP contribution in [0.3, 0.4) is 0 Å². The third kappa shape index (κ3) is 7.89. The number of aromatic nitrogens is 3. The van der Waals surface area contributed by atoms with E-state index in [4.69, 9.17) is 14.2 Å². The molecule has 12 nitrogen and oxygen atoms in total. The lowest BCUT2D eigenvalue weighted by atomic mass is 10.2. The summed E-state index contributed by atoms with van der Waals surface area (Å²) in [6.45, 7) is 9.40. The van der Waals surface area contributed by atoms with Gasteiger partial charge in [0.25, 0.3) is 0 Å². The molecule has 0 radical (unpaired) electrons. The Morgan fingerprint density at radius 1 is 0.979 bits per heavy atom. The zero-order valence-electron chi connectivity index (χ0n) is 27.2. The number of ether oxygens (including phenoxy) is 3. The molecule has 1 saturated heterocycles. The maximum absolute atomic E-state index is 13.4. The van der Waals surface area contributed by atoms with E-state index in [9.17, 15) is 13.2 Å². The Balaban J connectivity index is 1.43. The second-order valence-corrected chi connectivity index (χ2v) is 14.0. The minimum Gasteiger partial charge on any atom is -0.492 e. The molecule has 1 aromatic heterocycles. The van der Waals surface area contributed by atoms with E-state index >= 15 is 0 Å². The number of thioether (sulfide) groups is 1. The summed E-state index contributed by atoms with van der Waals surface area (Å²) in [6.07, 6.45) is 0. The highest BCUT2D eigenvalue weighted by Crippen LogP contribution is 2.39. The molecule has 14 heteroatoms. The first-order valence-electron chi connectivity index (χ1n) is 15.4. The molecule has 1 amide bonds. The second-order valence-electron chi connectivity index (χ2n) is 10.9. The highest BCUT2D eigenvalue weighted by molar-refractivity contribution is 7.99. The minimum absolute atomic E-state index is 0.0275. The van der Waals surface area contributed by atoms with Gasteiger partial charge < -0.3 is 24.4 Å². The second kappa shape index (κ2) is 15.2. The molecule has 0 aliphatic carbocycles. The van der Waals surface area contributed by atoms with Crippen molar-refractivity contribution in [3.63, 3.8) is 0 Å². The van der Waals surface area contributed by atoms with Crippen LogP contribution >= 0.6 is 11.8 Å². The van der Waals surface area contributed by atoms with Crippen LogP contribution in [0, 0.1) is 6.92 Å². The maximum Gasteiger partial charge on any atom is 0.242 e. The molecule has 2 heterocycles. The Morgan fingerprint density at radius 2 is 1.70 bits per heavy atom.